The van der Waals surface area contributed by atoms with Gasteiger partial charge in [0.15, 0.2) is 0 Å². The summed E-state index contributed by atoms with van der Waals surface area (Å²) in [6.45, 7) is 5.17. The molecule has 0 spiro atoms. The van der Waals surface area contributed by atoms with Crippen LogP contribution in [0.25, 0.3) is 0 Å². The Hall–Kier alpha value is -3.95. The Labute approximate surface area is 210 Å². The molecule has 1 atom stereocenters. The van der Waals surface area contributed by atoms with Gasteiger partial charge in [-0.25, -0.2) is 19.4 Å². The molecule has 10 heteroatoms. The van der Waals surface area contributed by atoms with Crippen molar-refractivity contribution in [1.29, 1.82) is 0 Å². The second kappa shape index (κ2) is 12.7. The van der Waals surface area contributed by atoms with Crippen molar-refractivity contribution in [3.05, 3.63) is 58.8 Å². The number of aromatic nitrogens is 1. The average Bonchev–Trinajstić information content (AvgIpc) is 2.82. The highest BCUT2D eigenvalue weighted by Crippen LogP contribution is 2.18. The summed E-state index contributed by atoms with van der Waals surface area (Å²) >= 11 is 0. The largest absolute Gasteiger partial charge is 0.481 e. The van der Waals surface area contributed by atoms with Gasteiger partial charge in [-0.15, -0.1) is 0 Å². The van der Waals surface area contributed by atoms with Gasteiger partial charge in [0.05, 0.1) is 26.9 Å². The van der Waals surface area contributed by atoms with Crippen LogP contribution in [0.5, 0.6) is 5.88 Å². The minimum absolute atomic E-state index is 0.00655. The van der Waals surface area contributed by atoms with Crippen LogP contribution in [-0.2, 0) is 43.1 Å². The van der Waals surface area contributed by atoms with Crippen molar-refractivity contribution in [3.63, 3.8) is 0 Å². The van der Waals surface area contributed by atoms with E-state index in [9.17, 15) is 19.2 Å². The van der Waals surface area contributed by atoms with E-state index >= 15 is 0 Å². The number of carbonyl (C=O) groups excluding carboxylic acids is 4. The van der Waals surface area contributed by atoms with Gasteiger partial charge in [-0.1, -0.05) is 24.3 Å². The van der Waals surface area contributed by atoms with Crippen LogP contribution in [0, 0.1) is 0 Å². The highest BCUT2D eigenvalue weighted by Gasteiger charge is 2.25. The Morgan fingerprint density at radius 3 is 2.14 bits per heavy atom. The van der Waals surface area contributed by atoms with Crippen molar-refractivity contribution in [3.8, 4) is 5.88 Å². The molecular weight excluding hydrogens is 468 g/mol. The highest BCUT2D eigenvalue weighted by atomic mass is 16.6. The number of benzene rings is 1. The molecule has 1 aromatic heterocycles. The van der Waals surface area contributed by atoms with Crippen LogP contribution in [0.2, 0.25) is 0 Å². The number of nitrogens with one attached hydrogen (secondary N) is 1. The zero-order valence-corrected chi connectivity index (χ0v) is 21.4. The van der Waals surface area contributed by atoms with Crippen LogP contribution in [0.1, 0.15) is 47.8 Å². The van der Waals surface area contributed by atoms with E-state index in [-0.39, 0.29) is 36.5 Å². The average molecular weight is 501 g/mol. The molecule has 0 saturated carbocycles. The van der Waals surface area contributed by atoms with E-state index < -0.39 is 29.7 Å². The lowest BCUT2D eigenvalue weighted by atomic mass is 9.98. The highest BCUT2D eigenvalue weighted by molar-refractivity contribution is 5.93. The Balaban J connectivity index is 2.05. The summed E-state index contributed by atoms with van der Waals surface area (Å²) in [5, 5.41) is 2.53. The van der Waals surface area contributed by atoms with Gasteiger partial charge in [0, 0.05) is 31.5 Å². The van der Waals surface area contributed by atoms with Gasteiger partial charge in [-0.05, 0) is 37.5 Å². The third kappa shape index (κ3) is 8.68. The second-order valence-electron chi connectivity index (χ2n) is 9.01. The minimum atomic E-state index is -0.934. The topological polar surface area (TPSA) is 130 Å². The molecule has 1 amide bonds. The first-order chi connectivity index (χ1) is 16.9. The summed E-state index contributed by atoms with van der Waals surface area (Å²) in [5.74, 6) is -1.06. The first-order valence-corrected chi connectivity index (χ1v) is 11.2. The number of amides is 1. The molecule has 36 heavy (non-hydrogen) atoms. The van der Waals surface area contributed by atoms with Gasteiger partial charge in [-0.3, -0.25) is 4.79 Å². The Bertz CT molecular complexity index is 1090. The monoisotopic (exact) mass is 500 g/mol. The number of ketones is 1. The summed E-state index contributed by atoms with van der Waals surface area (Å²) in [5.41, 5.74) is 1.46. The molecular formula is C26H32N2O8. The third-order valence-electron chi connectivity index (χ3n) is 5.00. The van der Waals surface area contributed by atoms with Gasteiger partial charge >= 0.3 is 18.0 Å². The molecule has 0 saturated heterocycles. The minimum Gasteiger partial charge on any atom is -0.481 e. The number of methoxy groups -OCH3 is 3. The number of nitrogens with zero attached hydrogens (tertiary/aromatic N) is 1. The molecule has 194 valence electrons. The van der Waals surface area contributed by atoms with E-state index in [2.05, 4.69) is 10.3 Å². The van der Waals surface area contributed by atoms with Gasteiger partial charge in [-0.2, -0.15) is 0 Å². The van der Waals surface area contributed by atoms with E-state index in [4.69, 9.17) is 18.9 Å². The van der Waals surface area contributed by atoms with Crippen LogP contribution in [-0.4, -0.2) is 61.8 Å². The molecule has 0 aliphatic rings. The fourth-order valence-electron chi connectivity index (χ4n) is 3.33. The second-order valence-corrected chi connectivity index (χ2v) is 9.01. The molecule has 1 N–H and O–H groups in total. The first-order valence-electron chi connectivity index (χ1n) is 11.2. The number of esters is 2. The standard InChI is InChI=1S/C26H32N2O8/c1-26(2,3)36-25(32)28-21(24(31)35-6)12-17-9-7-16(8-10-17)11-19(29)13-18-15-27-22(33-4)14-20(18)23(30)34-5/h7-10,14-15,21H,11-13H2,1-6H3,(H,28,32)/t21-/m0/s1. The van der Waals surface area contributed by atoms with Gasteiger partial charge in [0.25, 0.3) is 0 Å². The van der Waals surface area contributed by atoms with Crippen molar-refractivity contribution in [2.75, 3.05) is 21.3 Å². The molecule has 0 unspecified atom stereocenters. The van der Waals surface area contributed by atoms with E-state index in [1.807, 2.05) is 0 Å². The normalized spacial score (nSPS) is 11.7. The van der Waals surface area contributed by atoms with Crippen LogP contribution >= 0.6 is 0 Å². The molecule has 0 aliphatic heterocycles. The van der Waals surface area contributed by atoms with Crippen molar-refractivity contribution < 1.29 is 38.1 Å². The van der Waals surface area contributed by atoms with E-state index in [1.54, 1.807) is 45.0 Å². The number of rotatable bonds is 10. The number of hydrogen-bond acceptors (Lipinski definition) is 9. The lowest BCUT2D eigenvalue weighted by Gasteiger charge is -2.22. The molecule has 1 aromatic carbocycles. The smallest absolute Gasteiger partial charge is 0.408 e. The van der Waals surface area contributed by atoms with Gasteiger partial charge < -0.3 is 24.3 Å². The van der Waals surface area contributed by atoms with E-state index in [0.717, 1.165) is 11.1 Å². The third-order valence-corrected chi connectivity index (χ3v) is 5.00. The first kappa shape index (κ1) is 28.3. The van der Waals surface area contributed by atoms with E-state index in [0.29, 0.717) is 5.56 Å². The lowest BCUT2D eigenvalue weighted by molar-refractivity contribution is -0.143. The molecule has 0 radical (unpaired) electrons. The van der Waals surface area contributed by atoms with Crippen LogP contribution in [0.3, 0.4) is 0 Å². The number of Topliss-reactive ketones (excluding diaryl/α,β-unsaturated/α-hetero) is 1. The lowest BCUT2D eigenvalue weighted by Crippen LogP contribution is -2.45. The molecule has 1 heterocycles. The number of pyridine rings is 1. The Kier molecular flexibility index (Phi) is 9.95. The number of hydrogen-bond donors (Lipinski definition) is 1. The van der Waals surface area contributed by atoms with Gasteiger partial charge in [0.2, 0.25) is 5.88 Å². The van der Waals surface area contributed by atoms with Gasteiger partial charge in [0.1, 0.15) is 17.4 Å². The fraction of sp³-hybridized carbons (Fsp3) is 0.423. The van der Waals surface area contributed by atoms with Crippen LogP contribution < -0.4 is 10.1 Å². The zero-order valence-electron chi connectivity index (χ0n) is 21.4. The SMILES string of the molecule is COC(=O)c1cc(OC)ncc1CC(=O)Cc1ccc(C[C@H](NC(=O)OC(C)(C)C)C(=O)OC)cc1. The van der Waals surface area contributed by atoms with E-state index in [1.165, 1.54) is 33.6 Å². The van der Waals surface area contributed by atoms with Crippen molar-refractivity contribution in [1.82, 2.24) is 10.3 Å². The quantitative estimate of drug-likeness (QED) is 0.386. The van der Waals surface area contributed by atoms with Crippen molar-refractivity contribution >= 4 is 23.8 Å². The predicted molar refractivity (Wildman–Crippen MR) is 130 cm³/mol. The summed E-state index contributed by atoms with van der Waals surface area (Å²) in [6, 6.07) is 7.57. The molecule has 2 rings (SSSR count). The zero-order chi connectivity index (χ0) is 26.9. The maximum atomic E-state index is 12.7. The summed E-state index contributed by atoms with van der Waals surface area (Å²) < 4.78 is 19.9. The summed E-state index contributed by atoms with van der Waals surface area (Å²) in [7, 11) is 3.93. The molecule has 0 fully saturated rings. The molecule has 10 nitrogen and oxygen atoms in total. The van der Waals surface area contributed by atoms with Crippen LogP contribution in [0.4, 0.5) is 4.79 Å². The van der Waals surface area contributed by atoms with Crippen molar-refractivity contribution in [2.45, 2.75) is 51.7 Å². The number of ether oxygens (including phenoxy) is 4. The maximum Gasteiger partial charge on any atom is 0.408 e. The summed E-state index contributed by atoms with van der Waals surface area (Å²) in [4.78, 5) is 53.1. The molecule has 2 aromatic rings. The summed E-state index contributed by atoms with van der Waals surface area (Å²) in [6.07, 6.45) is 1.01. The Morgan fingerprint density at radius 2 is 1.58 bits per heavy atom. The van der Waals surface area contributed by atoms with Crippen molar-refractivity contribution in [2.24, 2.45) is 0 Å². The Morgan fingerprint density at radius 1 is 0.944 bits per heavy atom. The number of alkyl carbamates (subject to hydrolysis) is 1. The number of carbonyl (C=O) groups is 4. The van der Waals surface area contributed by atoms with Crippen LogP contribution in [0.15, 0.2) is 36.5 Å². The predicted octanol–water partition coefficient (Wildman–Crippen LogP) is 2.84. The maximum absolute atomic E-state index is 12.7. The molecule has 0 bridgehead atoms. The molecule has 0 aliphatic carbocycles. The fourth-order valence-corrected chi connectivity index (χ4v) is 3.33.